The van der Waals surface area contributed by atoms with Crippen molar-refractivity contribution in [1.29, 1.82) is 0 Å². The fourth-order valence-electron chi connectivity index (χ4n) is 2.19. The number of rotatable bonds is 7. The highest BCUT2D eigenvalue weighted by molar-refractivity contribution is 5.89. The molecular weight excluding hydrogens is 330 g/mol. The zero-order valence-corrected chi connectivity index (χ0v) is 14.7. The molecule has 0 aliphatic rings. The fourth-order valence-corrected chi connectivity index (χ4v) is 2.19. The Hall–Kier alpha value is -3.21. The molecule has 0 heterocycles. The van der Waals surface area contributed by atoms with Gasteiger partial charge in [-0.25, -0.2) is 9.59 Å². The molecule has 0 amide bonds. The number of carbonyl (C=O) groups excluding carboxylic acids is 1. The normalized spacial score (nSPS) is 12.6. The number of aliphatic imine (C=N–C) groups is 1. The lowest BCUT2D eigenvalue weighted by atomic mass is 10.1. The Balaban J connectivity index is 1.95. The van der Waals surface area contributed by atoms with E-state index in [-0.39, 0.29) is 5.92 Å². The van der Waals surface area contributed by atoms with Gasteiger partial charge in [-0.05, 0) is 47.4 Å². The second-order valence-corrected chi connectivity index (χ2v) is 6.04. The van der Waals surface area contributed by atoms with Gasteiger partial charge in [0, 0.05) is 12.3 Å². The van der Waals surface area contributed by atoms with Crippen LogP contribution in [0.2, 0.25) is 0 Å². The Morgan fingerprint density at radius 1 is 1.00 bits per heavy atom. The highest BCUT2D eigenvalue weighted by Gasteiger charge is 2.19. The third kappa shape index (κ3) is 6.02. The molecule has 0 aliphatic heterocycles. The van der Waals surface area contributed by atoms with Gasteiger partial charge in [-0.3, -0.25) is 4.99 Å². The van der Waals surface area contributed by atoms with Gasteiger partial charge in [0.25, 0.3) is 0 Å². The number of nitrogens with zero attached hydrogens (tertiary/aromatic N) is 1. The summed E-state index contributed by atoms with van der Waals surface area (Å²) in [6.07, 6.45) is 4.56. The van der Waals surface area contributed by atoms with Gasteiger partial charge in [-0.15, -0.1) is 0 Å². The maximum Gasteiger partial charge on any atom is 0.336 e. The lowest BCUT2D eigenvalue weighted by molar-refractivity contribution is -0.139. The zero-order valence-electron chi connectivity index (χ0n) is 14.7. The van der Waals surface area contributed by atoms with Crippen molar-refractivity contribution >= 4 is 24.2 Å². The number of aliphatic carboxylic acids is 1. The van der Waals surface area contributed by atoms with E-state index in [2.05, 4.69) is 4.99 Å². The van der Waals surface area contributed by atoms with Gasteiger partial charge in [0.1, 0.15) is 11.8 Å². The molecule has 0 saturated heterocycles. The van der Waals surface area contributed by atoms with Gasteiger partial charge in [0.2, 0.25) is 0 Å². The van der Waals surface area contributed by atoms with Crippen LogP contribution in [0.15, 0.2) is 65.7 Å². The number of hydrogen-bond donors (Lipinski definition) is 1. The van der Waals surface area contributed by atoms with E-state index in [9.17, 15) is 9.59 Å². The molecule has 1 unspecified atom stereocenters. The van der Waals surface area contributed by atoms with Crippen LogP contribution in [0, 0.1) is 5.92 Å². The van der Waals surface area contributed by atoms with Crippen molar-refractivity contribution in [3.63, 3.8) is 0 Å². The van der Waals surface area contributed by atoms with Crippen LogP contribution in [-0.2, 0) is 9.59 Å². The molecular formula is C21H21NO4. The van der Waals surface area contributed by atoms with Crippen molar-refractivity contribution in [2.24, 2.45) is 10.9 Å². The zero-order chi connectivity index (χ0) is 18.9. The first-order valence-corrected chi connectivity index (χ1v) is 8.26. The average Bonchev–Trinajstić information content (AvgIpc) is 2.62. The Labute approximate surface area is 152 Å². The summed E-state index contributed by atoms with van der Waals surface area (Å²) in [5, 5.41) is 9.12. The van der Waals surface area contributed by atoms with Gasteiger partial charge in [0.05, 0.1) is 0 Å². The summed E-state index contributed by atoms with van der Waals surface area (Å²) in [6, 6.07) is 15.4. The minimum Gasteiger partial charge on any atom is -0.480 e. The minimum absolute atomic E-state index is 0.0969. The number of ether oxygens (including phenoxy) is 1. The van der Waals surface area contributed by atoms with Crippen molar-refractivity contribution in [2.45, 2.75) is 19.9 Å². The van der Waals surface area contributed by atoms with Crippen LogP contribution < -0.4 is 4.74 Å². The van der Waals surface area contributed by atoms with Crippen LogP contribution in [0.3, 0.4) is 0 Å². The highest BCUT2D eigenvalue weighted by atomic mass is 16.5. The molecule has 5 heteroatoms. The predicted molar refractivity (Wildman–Crippen MR) is 101 cm³/mol. The first-order valence-electron chi connectivity index (χ1n) is 8.26. The molecule has 0 aromatic heterocycles. The Morgan fingerprint density at radius 2 is 1.65 bits per heavy atom. The predicted octanol–water partition coefficient (Wildman–Crippen LogP) is 3.83. The van der Waals surface area contributed by atoms with Gasteiger partial charge < -0.3 is 9.84 Å². The van der Waals surface area contributed by atoms with Gasteiger partial charge in [-0.2, -0.15) is 0 Å². The molecule has 0 saturated carbocycles. The van der Waals surface area contributed by atoms with Crippen LogP contribution in [0.1, 0.15) is 25.0 Å². The molecule has 26 heavy (non-hydrogen) atoms. The van der Waals surface area contributed by atoms with Gasteiger partial charge >= 0.3 is 11.9 Å². The summed E-state index contributed by atoms with van der Waals surface area (Å²) in [6.45, 7) is 3.61. The third-order valence-corrected chi connectivity index (χ3v) is 3.58. The molecule has 2 rings (SSSR count). The summed E-state index contributed by atoms with van der Waals surface area (Å²) in [4.78, 5) is 27.1. The lowest BCUT2D eigenvalue weighted by Crippen LogP contribution is -2.24. The number of carbonyl (C=O) groups is 2. The van der Waals surface area contributed by atoms with E-state index in [4.69, 9.17) is 9.84 Å². The van der Waals surface area contributed by atoms with E-state index in [1.54, 1.807) is 30.3 Å². The van der Waals surface area contributed by atoms with Crippen LogP contribution >= 0.6 is 0 Å². The molecule has 0 bridgehead atoms. The molecule has 5 nitrogen and oxygen atoms in total. The summed E-state index contributed by atoms with van der Waals surface area (Å²) in [5.41, 5.74) is 1.64. The Morgan fingerprint density at radius 3 is 2.23 bits per heavy atom. The molecule has 0 radical (unpaired) electrons. The monoisotopic (exact) mass is 351 g/mol. The molecule has 2 aromatic carbocycles. The number of esters is 1. The number of hydrogen-bond acceptors (Lipinski definition) is 4. The quantitative estimate of drug-likeness (QED) is 0.356. The van der Waals surface area contributed by atoms with Crippen molar-refractivity contribution in [2.75, 3.05) is 0 Å². The first-order chi connectivity index (χ1) is 12.5. The molecule has 2 aromatic rings. The third-order valence-electron chi connectivity index (χ3n) is 3.58. The Bertz CT molecular complexity index is 793. The summed E-state index contributed by atoms with van der Waals surface area (Å²) in [7, 11) is 0. The lowest BCUT2D eigenvalue weighted by Gasteiger charge is -2.10. The fraction of sp³-hybridized carbons (Fsp3) is 0.190. The van der Waals surface area contributed by atoms with E-state index >= 15 is 0 Å². The summed E-state index contributed by atoms with van der Waals surface area (Å²) < 4.78 is 5.23. The first kappa shape index (κ1) is 19.1. The summed E-state index contributed by atoms with van der Waals surface area (Å²) in [5.74, 6) is -1.11. The molecule has 0 aliphatic carbocycles. The van der Waals surface area contributed by atoms with Crippen LogP contribution in [0.4, 0.5) is 0 Å². The molecule has 1 atom stereocenters. The highest BCUT2D eigenvalue weighted by Crippen LogP contribution is 2.13. The summed E-state index contributed by atoms with van der Waals surface area (Å²) >= 11 is 0. The Kier molecular flexibility index (Phi) is 6.85. The average molecular weight is 351 g/mol. The van der Waals surface area contributed by atoms with Crippen LogP contribution in [0.25, 0.3) is 6.08 Å². The van der Waals surface area contributed by atoms with Gasteiger partial charge in [0.15, 0.2) is 0 Å². The van der Waals surface area contributed by atoms with Crippen molar-refractivity contribution in [1.82, 2.24) is 0 Å². The second-order valence-electron chi connectivity index (χ2n) is 6.04. The topological polar surface area (TPSA) is 76.0 Å². The van der Waals surface area contributed by atoms with E-state index in [1.165, 1.54) is 12.3 Å². The minimum atomic E-state index is -0.952. The number of carboxylic acid groups (broad SMARTS) is 1. The van der Waals surface area contributed by atoms with E-state index < -0.39 is 18.0 Å². The van der Waals surface area contributed by atoms with E-state index in [1.807, 2.05) is 44.2 Å². The standard InChI is InChI=1S/C21H21NO4/c1-15(2)20(21(24)25)22-14-17-8-11-18(12-9-17)26-19(23)13-10-16-6-4-3-5-7-16/h3-15,20H,1-2H3,(H,24,25)/b13-10+,22-14?. The molecule has 134 valence electrons. The maximum atomic E-state index is 11.8. The van der Waals surface area contributed by atoms with E-state index in [0.29, 0.717) is 5.75 Å². The number of benzene rings is 2. The molecule has 0 fully saturated rings. The van der Waals surface area contributed by atoms with E-state index in [0.717, 1.165) is 11.1 Å². The van der Waals surface area contributed by atoms with Crippen molar-refractivity contribution in [3.8, 4) is 5.75 Å². The molecule has 1 N–H and O–H groups in total. The van der Waals surface area contributed by atoms with Crippen LogP contribution in [0.5, 0.6) is 5.75 Å². The SMILES string of the molecule is CC(C)C(N=Cc1ccc(OC(=O)/C=C/c2ccccc2)cc1)C(=O)O. The van der Waals surface area contributed by atoms with Gasteiger partial charge in [-0.1, -0.05) is 44.2 Å². The molecule has 0 spiro atoms. The van der Waals surface area contributed by atoms with Crippen LogP contribution in [-0.4, -0.2) is 29.3 Å². The second kappa shape index (κ2) is 9.32. The van der Waals surface area contributed by atoms with Crippen molar-refractivity contribution in [3.05, 3.63) is 71.8 Å². The largest absolute Gasteiger partial charge is 0.480 e. The number of carboxylic acids is 1. The smallest absolute Gasteiger partial charge is 0.336 e. The maximum absolute atomic E-state index is 11.8. The van der Waals surface area contributed by atoms with Crippen molar-refractivity contribution < 1.29 is 19.4 Å².